The third-order valence-electron chi connectivity index (χ3n) is 4.31. The molecule has 1 fully saturated rings. The number of anilines is 1. The van der Waals surface area contributed by atoms with Gasteiger partial charge < -0.3 is 19.3 Å². The maximum Gasteiger partial charge on any atom is 0.348 e. The number of carbonyl (C=O) groups excluding carboxylic acids is 1. The predicted molar refractivity (Wildman–Crippen MR) is 97.7 cm³/mol. The van der Waals surface area contributed by atoms with Crippen molar-refractivity contribution in [2.75, 3.05) is 51.9 Å². The molecular weight excluding hydrogens is 340 g/mol. The maximum atomic E-state index is 12.2. The fourth-order valence-corrected chi connectivity index (χ4v) is 4.10. The average molecular weight is 365 g/mol. The van der Waals surface area contributed by atoms with E-state index in [9.17, 15) is 4.79 Å². The number of morpholine rings is 1. The van der Waals surface area contributed by atoms with Gasteiger partial charge in [-0.3, -0.25) is 0 Å². The molecule has 1 N–H and O–H groups in total. The Balaban J connectivity index is 2.02. The summed E-state index contributed by atoms with van der Waals surface area (Å²) in [5.41, 5.74) is 0.896. The standard InChI is InChI=1S/C17H24N4O3S/c1-5-24-17(22)14-11(2)13-15(20(3)4)18-12(19-16(13)25-14)10-21-6-8-23-9-7-21/h5-10H2,1-4H3/p+1. The van der Waals surface area contributed by atoms with Gasteiger partial charge in [0.15, 0.2) is 5.82 Å². The van der Waals surface area contributed by atoms with Gasteiger partial charge in [0, 0.05) is 14.1 Å². The Morgan fingerprint density at radius 3 is 2.68 bits per heavy atom. The van der Waals surface area contributed by atoms with Crippen molar-refractivity contribution in [3.63, 3.8) is 0 Å². The molecule has 0 atom stereocenters. The molecule has 0 radical (unpaired) electrons. The zero-order chi connectivity index (χ0) is 18.0. The van der Waals surface area contributed by atoms with E-state index >= 15 is 0 Å². The lowest BCUT2D eigenvalue weighted by Gasteiger charge is -2.23. The van der Waals surface area contributed by atoms with E-state index in [1.54, 1.807) is 0 Å². The van der Waals surface area contributed by atoms with Crippen molar-refractivity contribution < 1.29 is 19.2 Å². The normalized spacial score (nSPS) is 15.5. The van der Waals surface area contributed by atoms with Crippen LogP contribution in [0.5, 0.6) is 0 Å². The number of hydrogen-bond donors (Lipinski definition) is 1. The topological polar surface area (TPSA) is 69.0 Å². The van der Waals surface area contributed by atoms with Gasteiger partial charge in [0.25, 0.3) is 0 Å². The minimum atomic E-state index is -0.284. The summed E-state index contributed by atoms with van der Waals surface area (Å²) in [5, 5.41) is 0.943. The lowest BCUT2D eigenvalue weighted by Crippen LogP contribution is -3.12. The number of esters is 1. The highest BCUT2D eigenvalue weighted by Gasteiger charge is 2.23. The molecule has 0 amide bonds. The largest absolute Gasteiger partial charge is 0.462 e. The van der Waals surface area contributed by atoms with Crippen LogP contribution in [0.4, 0.5) is 5.82 Å². The second kappa shape index (κ2) is 7.63. The van der Waals surface area contributed by atoms with Crippen LogP contribution < -0.4 is 9.80 Å². The van der Waals surface area contributed by atoms with Gasteiger partial charge >= 0.3 is 5.97 Å². The average Bonchev–Trinajstić information content (AvgIpc) is 2.92. The maximum absolute atomic E-state index is 12.2. The third-order valence-corrected chi connectivity index (χ3v) is 5.48. The second-order valence-electron chi connectivity index (χ2n) is 6.35. The molecule has 1 saturated heterocycles. The van der Waals surface area contributed by atoms with Crippen LogP contribution in [-0.2, 0) is 16.0 Å². The summed E-state index contributed by atoms with van der Waals surface area (Å²) in [7, 11) is 3.93. The number of nitrogens with zero attached hydrogens (tertiary/aromatic N) is 3. The van der Waals surface area contributed by atoms with Gasteiger partial charge in [0.2, 0.25) is 0 Å². The monoisotopic (exact) mass is 365 g/mol. The highest BCUT2D eigenvalue weighted by atomic mass is 32.1. The lowest BCUT2D eigenvalue weighted by molar-refractivity contribution is -0.922. The van der Waals surface area contributed by atoms with Gasteiger partial charge in [-0.05, 0) is 19.4 Å². The van der Waals surface area contributed by atoms with Crippen LogP contribution in [0, 0.1) is 6.92 Å². The summed E-state index contributed by atoms with van der Waals surface area (Å²) in [6, 6.07) is 0. The first-order chi connectivity index (χ1) is 12.0. The number of nitrogens with one attached hydrogen (secondary N) is 1. The van der Waals surface area contributed by atoms with Gasteiger partial charge in [-0.15, -0.1) is 11.3 Å². The van der Waals surface area contributed by atoms with Crippen LogP contribution in [0.25, 0.3) is 10.2 Å². The number of fused-ring (bicyclic) bond motifs is 1. The molecule has 0 unspecified atom stereocenters. The Bertz CT molecular complexity index is 769. The molecule has 3 rings (SSSR count). The summed E-state index contributed by atoms with van der Waals surface area (Å²) < 4.78 is 10.6. The summed E-state index contributed by atoms with van der Waals surface area (Å²) in [5.74, 6) is 1.38. The van der Waals surface area contributed by atoms with Crippen molar-refractivity contribution in [3.05, 3.63) is 16.3 Å². The molecule has 0 aromatic carbocycles. The van der Waals surface area contributed by atoms with Crippen LogP contribution in [0.3, 0.4) is 0 Å². The highest BCUT2D eigenvalue weighted by Crippen LogP contribution is 2.35. The van der Waals surface area contributed by atoms with Gasteiger partial charge in [-0.2, -0.15) is 0 Å². The summed E-state index contributed by atoms with van der Waals surface area (Å²) >= 11 is 1.39. The number of hydrogen-bond acceptors (Lipinski definition) is 7. The van der Waals surface area contributed by atoms with E-state index in [1.165, 1.54) is 16.2 Å². The molecule has 7 nitrogen and oxygen atoms in total. The van der Waals surface area contributed by atoms with Crippen LogP contribution >= 0.6 is 11.3 Å². The lowest BCUT2D eigenvalue weighted by atomic mass is 10.2. The molecule has 8 heteroatoms. The first-order valence-corrected chi connectivity index (χ1v) is 9.38. The molecule has 0 saturated carbocycles. The van der Waals surface area contributed by atoms with Gasteiger partial charge in [0.05, 0.1) is 25.2 Å². The fourth-order valence-electron chi connectivity index (χ4n) is 3.02. The van der Waals surface area contributed by atoms with E-state index < -0.39 is 0 Å². The van der Waals surface area contributed by atoms with Crippen molar-refractivity contribution in [2.45, 2.75) is 20.4 Å². The second-order valence-corrected chi connectivity index (χ2v) is 7.35. The first kappa shape index (κ1) is 18.0. The number of thiophene rings is 1. The number of aromatic nitrogens is 2. The molecule has 0 spiro atoms. The van der Waals surface area contributed by atoms with E-state index in [0.717, 1.165) is 60.3 Å². The van der Waals surface area contributed by atoms with Crippen molar-refractivity contribution in [2.24, 2.45) is 0 Å². The minimum Gasteiger partial charge on any atom is -0.462 e. The molecule has 1 aliphatic rings. The zero-order valence-corrected chi connectivity index (χ0v) is 16.0. The van der Waals surface area contributed by atoms with E-state index in [-0.39, 0.29) is 5.97 Å². The van der Waals surface area contributed by atoms with Gasteiger partial charge in [0.1, 0.15) is 35.2 Å². The summed E-state index contributed by atoms with van der Waals surface area (Å²) in [6.45, 7) is 8.39. The molecule has 136 valence electrons. The van der Waals surface area contributed by atoms with Crippen molar-refractivity contribution in [3.8, 4) is 0 Å². The van der Waals surface area contributed by atoms with Gasteiger partial charge in [-0.25, -0.2) is 14.8 Å². The number of carbonyl (C=O) groups is 1. The molecule has 1 aliphatic heterocycles. The molecular formula is C17H25N4O3S+. The summed E-state index contributed by atoms with van der Waals surface area (Å²) in [6.07, 6.45) is 0. The molecule has 2 aromatic heterocycles. The van der Waals surface area contributed by atoms with Crippen LogP contribution in [0.15, 0.2) is 0 Å². The highest BCUT2D eigenvalue weighted by molar-refractivity contribution is 7.20. The smallest absolute Gasteiger partial charge is 0.348 e. The molecule has 0 bridgehead atoms. The predicted octanol–water partition coefficient (Wildman–Crippen LogP) is 0.658. The van der Waals surface area contributed by atoms with E-state index in [1.807, 2.05) is 32.8 Å². The molecule has 0 aliphatic carbocycles. The first-order valence-electron chi connectivity index (χ1n) is 8.57. The Morgan fingerprint density at radius 1 is 1.32 bits per heavy atom. The fraction of sp³-hybridized carbons (Fsp3) is 0.588. The Morgan fingerprint density at radius 2 is 2.04 bits per heavy atom. The van der Waals surface area contributed by atoms with Crippen LogP contribution in [0.2, 0.25) is 0 Å². The quantitative estimate of drug-likeness (QED) is 0.785. The Labute approximate surface area is 151 Å². The number of quaternary nitrogens is 1. The molecule has 25 heavy (non-hydrogen) atoms. The summed E-state index contributed by atoms with van der Waals surface area (Å²) in [4.78, 5) is 26.6. The van der Waals surface area contributed by atoms with Crippen molar-refractivity contribution in [1.29, 1.82) is 0 Å². The van der Waals surface area contributed by atoms with Crippen LogP contribution in [0.1, 0.15) is 28.0 Å². The Kier molecular flexibility index (Phi) is 5.51. The van der Waals surface area contributed by atoms with E-state index in [4.69, 9.17) is 19.4 Å². The Hall–Kier alpha value is -1.77. The van der Waals surface area contributed by atoms with Gasteiger partial charge in [-0.1, -0.05) is 0 Å². The number of aryl methyl sites for hydroxylation is 1. The number of ether oxygens (including phenoxy) is 2. The minimum absolute atomic E-state index is 0.284. The number of rotatable bonds is 5. The molecule has 2 aromatic rings. The third kappa shape index (κ3) is 3.75. The van der Waals surface area contributed by atoms with Crippen LogP contribution in [-0.4, -0.2) is 62.9 Å². The molecule has 3 heterocycles. The zero-order valence-electron chi connectivity index (χ0n) is 15.2. The van der Waals surface area contributed by atoms with Crippen molar-refractivity contribution >= 4 is 33.3 Å². The van der Waals surface area contributed by atoms with E-state index in [0.29, 0.717) is 11.5 Å². The SMILES string of the molecule is CCOC(=O)c1sc2nc(C[NH+]3CCOCC3)nc(N(C)C)c2c1C. The van der Waals surface area contributed by atoms with Crippen molar-refractivity contribution in [1.82, 2.24) is 9.97 Å². The van der Waals surface area contributed by atoms with E-state index in [2.05, 4.69) is 0 Å².